The van der Waals surface area contributed by atoms with Gasteiger partial charge in [0.25, 0.3) is 10.0 Å². The van der Waals surface area contributed by atoms with Gasteiger partial charge in [-0.05, 0) is 58.0 Å². The fourth-order valence-electron chi connectivity index (χ4n) is 1.83. The van der Waals surface area contributed by atoms with Crippen LogP contribution in [0.25, 0.3) is 0 Å². The molecule has 0 aliphatic rings. The molecular weight excluding hydrogens is 372 g/mol. The van der Waals surface area contributed by atoms with Crippen LogP contribution in [0, 0.1) is 0 Å². The zero-order valence-corrected chi connectivity index (χ0v) is 14.8. The molecule has 2 N–H and O–H groups in total. The van der Waals surface area contributed by atoms with Crippen LogP contribution < -0.4 is 10.0 Å². The highest BCUT2D eigenvalue weighted by atomic mass is 79.9. The van der Waals surface area contributed by atoms with Crippen molar-refractivity contribution in [2.24, 2.45) is 0 Å². The van der Waals surface area contributed by atoms with Crippen LogP contribution >= 0.6 is 27.3 Å². The average Bonchev–Trinajstić information content (AvgIpc) is 2.86. The maximum Gasteiger partial charge on any atom is 0.272 e. The third kappa shape index (κ3) is 4.54. The van der Waals surface area contributed by atoms with Crippen LogP contribution in [0.3, 0.4) is 0 Å². The van der Waals surface area contributed by atoms with E-state index < -0.39 is 10.0 Å². The van der Waals surface area contributed by atoms with E-state index in [1.54, 1.807) is 17.5 Å². The first kappa shape index (κ1) is 16.5. The van der Waals surface area contributed by atoms with E-state index in [0.717, 1.165) is 25.1 Å². The molecule has 0 saturated heterocycles. The maximum atomic E-state index is 12.3. The molecule has 0 atom stereocenters. The van der Waals surface area contributed by atoms with Crippen molar-refractivity contribution in [1.29, 1.82) is 0 Å². The highest BCUT2D eigenvalue weighted by Gasteiger charge is 2.19. The smallest absolute Gasteiger partial charge is 0.272 e. The van der Waals surface area contributed by atoms with E-state index in [1.807, 2.05) is 18.2 Å². The van der Waals surface area contributed by atoms with Crippen molar-refractivity contribution in [3.8, 4) is 0 Å². The topological polar surface area (TPSA) is 58.2 Å². The highest BCUT2D eigenvalue weighted by Crippen LogP contribution is 2.29. The van der Waals surface area contributed by atoms with Gasteiger partial charge in [0.15, 0.2) is 4.21 Å². The molecule has 1 aromatic heterocycles. The Bertz CT molecular complexity index is 699. The van der Waals surface area contributed by atoms with Crippen LogP contribution in [0.5, 0.6) is 0 Å². The van der Waals surface area contributed by atoms with Crippen LogP contribution in [-0.2, 0) is 16.6 Å². The lowest BCUT2D eigenvalue weighted by Crippen LogP contribution is -2.15. The summed E-state index contributed by atoms with van der Waals surface area (Å²) in [5, 5.41) is 5.04. The molecule has 0 aliphatic carbocycles. The third-order valence-corrected chi connectivity index (χ3v) is 6.81. The summed E-state index contributed by atoms with van der Waals surface area (Å²) in [5.41, 5.74) is 1.62. The summed E-state index contributed by atoms with van der Waals surface area (Å²) < 4.78 is 28.1. The number of hydrogen-bond acceptors (Lipinski definition) is 4. The average molecular weight is 389 g/mol. The molecule has 0 bridgehead atoms. The van der Waals surface area contributed by atoms with Crippen molar-refractivity contribution < 1.29 is 8.42 Å². The Labute approximate surface area is 137 Å². The summed E-state index contributed by atoms with van der Waals surface area (Å²) in [6.45, 7) is 3.78. The molecule has 1 heterocycles. The predicted molar refractivity (Wildman–Crippen MR) is 91.3 cm³/mol. The lowest BCUT2D eigenvalue weighted by atomic mass is 10.2. The number of anilines is 1. The summed E-state index contributed by atoms with van der Waals surface area (Å²) in [6, 6.07) is 9.15. The van der Waals surface area contributed by atoms with Gasteiger partial charge in [0.1, 0.15) is 0 Å². The van der Waals surface area contributed by atoms with E-state index in [-0.39, 0.29) is 4.21 Å². The minimum atomic E-state index is -3.54. The molecule has 7 heteroatoms. The van der Waals surface area contributed by atoms with Gasteiger partial charge in [0, 0.05) is 16.7 Å². The van der Waals surface area contributed by atoms with Gasteiger partial charge < -0.3 is 5.32 Å². The second-order valence-electron chi connectivity index (χ2n) is 4.54. The van der Waals surface area contributed by atoms with Crippen molar-refractivity contribution in [3.05, 3.63) is 45.7 Å². The second kappa shape index (κ2) is 7.40. The molecule has 0 unspecified atom stereocenters. The van der Waals surface area contributed by atoms with E-state index in [2.05, 4.69) is 32.9 Å². The summed E-state index contributed by atoms with van der Waals surface area (Å²) >= 11 is 4.44. The first-order valence-electron chi connectivity index (χ1n) is 6.58. The molecule has 4 nitrogen and oxygen atoms in total. The fourth-order valence-corrected chi connectivity index (χ4v) is 5.22. The van der Waals surface area contributed by atoms with Gasteiger partial charge in [0.2, 0.25) is 0 Å². The van der Waals surface area contributed by atoms with E-state index in [0.29, 0.717) is 10.2 Å². The van der Waals surface area contributed by atoms with Crippen molar-refractivity contribution >= 4 is 43.0 Å². The Morgan fingerprint density at radius 3 is 2.76 bits per heavy atom. The molecule has 0 saturated carbocycles. The largest absolute Gasteiger partial charge is 0.313 e. The number of hydrogen-bond donors (Lipinski definition) is 2. The molecule has 0 radical (unpaired) electrons. The van der Waals surface area contributed by atoms with Crippen molar-refractivity contribution in [2.45, 2.75) is 24.1 Å². The molecule has 0 fully saturated rings. The maximum absolute atomic E-state index is 12.3. The van der Waals surface area contributed by atoms with Gasteiger partial charge in [-0.15, -0.1) is 11.3 Å². The Kier molecular flexibility index (Phi) is 5.80. The van der Waals surface area contributed by atoms with E-state index in [4.69, 9.17) is 0 Å². The SMILES string of the molecule is CCCNCc1cccc(NS(=O)(=O)c2sccc2Br)c1. The molecule has 1 aromatic carbocycles. The lowest BCUT2D eigenvalue weighted by Gasteiger charge is -2.09. The molecule has 0 spiro atoms. The Morgan fingerprint density at radius 2 is 2.10 bits per heavy atom. The molecule has 0 amide bonds. The van der Waals surface area contributed by atoms with E-state index >= 15 is 0 Å². The van der Waals surface area contributed by atoms with E-state index in [1.165, 1.54) is 11.3 Å². The van der Waals surface area contributed by atoms with Gasteiger partial charge in [-0.2, -0.15) is 0 Å². The molecular formula is C14H17BrN2O2S2. The number of sulfonamides is 1. The van der Waals surface area contributed by atoms with Crippen molar-refractivity contribution in [3.63, 3.8) is 0 Å². The van der Waals surface area contributed by atoms with Gasteiger partial charge in [-0.25, -0.2) is 8.42 Å². The van der Waals surface area contributed by atoms with Crippen LogP contribution in [0.1, 0.15) is 18.9 Å². The summed E-state index contributed by atoms with van der Waals surface area (Å²) in [5.74, 6) is 0. The quantitative estimate of drug-likeness (QED) is 0.708. The predicted octanol–water partition coefficient (Wildman–Crippen LogP) is 3.81. The minimum absolute atomic E-state index is 0.289. The van der Waals surface area contributed by atoms with Crippen LogP contribution in [0.4, 0.5) is 5.69 Å². The van der Waals surface area contributed by atoms with Crippen molar-refractivity contribution in [2.75, 3.05) is 11.3 Å². The van der Waals surface area contributed by atoms with Gasteiger partial charge in [-0.1, -0.05) is 19.1 Å². The molecule has 2 aromatic rings. The Hall–Kier alpha value is -0.890. The number of rotatable bonds is 7. The number of nitrogens with one attached hydrogen (secondary N) is 2. The standard InChI is InChI=1S/C14H17BrN2O2S2/c1-2-7-16-10-11-4-3-5-12(9-11)17-21(18,19)14-13(15)6-8-20-14/h3-6,8-9,16-17H,2,7,10H2,1H3. The number of thiophene rings is 1. The zero-order chi connectivity index (χ0) is 15.3. The molecule has 2 rings (SSSR count). The Morgan fingerprint density at radius 1 is 1.29 bits per heavy atom. The van der Waals surface area contributed by atoms with Gasteiger partial charge in [0.05, 0.1) is 0 Å². The van der Waals surface area contributed by atoms with Gasteiger partial charge in [-0.3, -0.25) is 4.72 Å². The molecule has 114 valence electrons. The normalized spacial score (nSPS) is 11.5. The number of halogens is 1. The molecule has 21 heavy (non-hydrogen) atoms. The Balaban J connectivity index is 2.12. The third-order valence-electron chi connectivity index (χ3n) is 2.76. The summed E-state index contributed by atoms with van der Waals surface area (Å²) in [7, 11) is -3.54. The fraction of sp³-hybridized carbons (Fsp3) is 0.286. The zero-order valence-electron chi connectivity index (χ0n) is 11.6. The van der Waals surface area contributed by atoms with Crippen molar-refractivity contribution in [1.82, 2.24) is 5.32 Å². The summed E-state index contributed by atoms with van der Waals surface area (Å²) in [6.07, 6.45) is 1.07. The lowest BCUT2D eigenvalue weighted by molar-refractivity contribution is 0.603. The van der Waals surface area contributed by atoms with Crippen LogP contribution in [0.2, 0.25) is 0 Å². The van der Waals surface area contributed by atoms with Gasteiger partial charge >= 0.3 is 0 Å². The first-order valence-corrected chi connectivity index (χ1v) is 9.74. The highest BCUT2D eigenvalue weighted by molar-refractivity contribution is 9.10. The van der Waals surface area contributed by atoms with Crippen LogP contribution in [0.15, 0.2) is 44.4 Å². The monoisotopic (exact) mass is 388 g/mol. The summed E-state index contributed by atoms with van der Waals surface area (Å²) in [4.78, 5) is 0. The van der Waals surface area contributed by atoms with E-state index in [9.17, 15) is 8.42 Å². The minimum Gasteiger partial charge on any atom is -0.313 e. The molecule has 0 aliphatic heterocycles. The van der Waals surface area contributed by atoms with Crippen LogP contribution in [-0.4, -0.2) is 15.0 Å². The number of benzene rings is 1. The second-order valence-corrected chi connectivity index (χ2v) is 8.19. The first-order chi connectivity index (χ1) is 10.0.